The lowest BCUT2D eigenvalue weighted by Crippen LogP contribution is -2.26. The summed E-state index contributed by atoms with van der Waals surface area (Å²) in [5.41, 5.74) is 1.14. The molecule has 18 heavy (non-hydrogen) atoms. The Balaban J connectivity index is 2.50. The van der Waals surface area contributed by atoms with E-state index in [0.29, 0.717) is 13.1 Å². The Bertz CT molecular complexity index is 373. The highest BCUT2D eigenvalue weighted by atomic mass is 16.5. The topological polar surface area (TPSA) is 38.8 Å². The van der Waals surface area contributed by atoms with Crippen molar-refractivity contribution in [3.63, 3.8) is 0 Å². The zero-order valence-corrected chi connectivity index (χ0v) is 11.5. The van der Waals surface area contributed by atoms with Gasteiger partial charge in [0.2, 0.25) is 0 Å². The average molecular weight is 251 g/mol. The number of carbonyl (C=O) groups excluding carboxylic acids is 1. The molecule has 0 amide bonds. The van der Waals surface area contributed by atoms with Crippen LogP contribution >= 0.6 is 0 Å². The molecule has 4 heteroatoms. The predicted octanol–water partition coefficient (Wildman–Crippen LogP) is 2.08. The minimum absolute atomic E-state index is 0.179. The average Bonchev–Trinajstić information content (AvgIpc) is 2.30. The van der Waals surface area contributed by atoms with Crippen LogP contribution in [0.4, 0.5) is 0 Å². The number of hydrogen-bond donors (Lipinski definition) is 0. The summed E-state index contributed by atoms with van der Waals surface area (Å²) in [6.45, 7) is 4.99. The van der Waals surface area contributed by atoms with E-state index in [1.54, 1.807) is 0 Å². The molecule has 0 N–H and O–H groups in total. The maximum Gasteiger partial charge on any atom is 0.319 e. The molecule has 0 saturated heterocycles. The largest absolute Gasteiger partial charge is 0.491 e. The first-order valence-corrected chi connectivity index (χ1v) is 6.02. The first kappa shape index (κ1) is 14.5. The summed E-state index contributed by atoms with van der Waals surface area (Å²) in [5.74, 6) is 0.640. The Labute approximate surface area is 108 Å². The van der Waals surface area contributed by atoms with E-state index < -0.39 is 0 Å². The van der Waals surface area contributed by atoms with Gasteiger partial charge in [0, 0.05) is 6.54 Å². The molecule has 0 saturated carbocycles. The van der Waals surface area contributed by atoms with Crippen LogP contribution in [0.2, 0.25) is 0 Å². The predicted molar refractivity (Wildman–Crippen MR) is 70.6 cm³/mol. The lowest BCUT2D eigenvalue weighted by atomic mass is 10.2. The Morgan fingerprint density at radius 3 is 2.39 bits per heavy atom. The molecule has 4 nitrogen and oxygen atoms in total. The number of nitrogens with zero attached hydrogens (tertiary/aromatic N) is 1. The second kappa shape index (κ2) is 7.01. The molecule has 0 aliphatic rings. The molecule has 0 aromatic heterocycles. The SMILES string of the molecule is COC(=O)CN(C)Cc1ccc(OC(C)C)cc1. The van der Waals surface area contributed by atoms with E-state index in [4.69, 9.17) is 4.74 Å². The Morgan fingerprint density at radius 1 is 1.28 bits per heavy atom. The lowest BCUT2D eigenvalue weighted by Gasteiger charge is -2.15. The van der Waals surface area contributed by atoms with Crippen LogP contribution in [-0.4, -0.2) is 37.7 Å². The van der Waals surface area contributed by atoms with Crippen LogP contribution in [0, 0.1) is 0 Å². The highest BCUT2D eigenvalue weighted by molar-refractivity contribution is 5.71. The third-order valence-electron chi connectivity index (χ3n) is 2.37. The fraction of sp³-hybridized carbons (Fsp3) is 0.500. The Kier molecular flexibility index (Phi) is 5.65. The van der Waals surface area contributed by atoms with E-state index in [2.05, 4.69) is 4.74 Å². The number of likely N-dealkylation sites (N-methyl/N-ethyl adjacent to an activating group) is 1. The van der Waals surface area contributed by atoms with Gasteiger partial charge in [-0.25, -0.2) is 0 Å². The number of esters is 1. The first-order chi connectivity index (χ1) is 8.51. The minimum Gasteiger partial charge on any atom is -0.491 e. The Morgan fingerprint density at radius 2 is 1.89 bits per heavy atom. The highest BCUT2D eigenvalue weighted by Gasteiger charge is 2.07. The number of carbonyl (C=O) groups is 1. The van der Waals surface area contributed by atoms with Crippen LogP contribution < -0.4 is 4.74 Å². The third-order valence-corrected chi connectivity index (χ3v) is 2.37. The number of hydrogen-bond acceptors (Lipinski definition) is 4. The van der Waals surface area contributed by atoms with Crippen LogP contribution in [0.25, 0.3) is 0 Å². The molecule has 0 atom stereocenters. The summed E-state index contributed by atoms with van der Waals surface area (Å²) < 4.78 is 10.2. The molecule has 100 valence electrons. The van der Waals surface area contributed by atoms with Crippen molar-refractivity contribution in [3.8, 4) is 5.75 Å². The molecule has 0 aliphatic carbocycles. The van der Waals surface area contributed by atoms with Crippen molar-refractivity contribution < 1.29 is 14.3 Å². The second-order valence-corrected chi connectivity index (χ2v) is 4.56. The van der Waals surface area contributed by atoms with Gasteiger partial charge < -0.3 is 9.47 Å². The van der Waals surface area contributed by atoms with Crippen molar-refractivity contribution in [1.29, 1.82) is 0 Å². The van der Waals surface area contributed by atoms with Crippen molar-refractivity contribution in [2.75, 3.05) is 20.7 Å². The molecular weight excluding hydrogens is 230 g/mol. The maximum absolute atomic E-state index is 11.1. The van der Waals surface area contributed by atoms with E-state index in [1.165, 1.54) is 7.11 Å². The molecule has 0 fully saturated rings. The van der Waals surface area contributed by atoms with Crippen molar-refractivity contribution in [1.82, 2.24) is 4.90 Å². The molecule has 1 aromatic rings. The summed E-state index contributed by atoms with van der Waals surface area (Å²) in [7, 11) is 3.28. The molecule has 1 aromatic carbocycles. The van der Waals surface area contributed by atoms with Crippen LogP contribution in [0.5, 0.6) is 5.75 Å². The molecule has 0 bridgehead atoms. The van der Waals surface area contributed by atoms with Gasteiger partial charge in [-0.1, -0.05) is 12.1 Å². The number of methoxy groups -OCH3 is 1. The minimum atomic E-state index is -0.225. The van der Waals surface area contributed by atoms with Crippen LogP contribution in [0.3, 0.4) is 0 Å². The van der Waals surface area contributed by atoms with Gasteiger partial charge in [-0.2, -0.15) is 0 Å². The van der Waals surface area contributed by atoms with E-state index >= 15 is 0 Å². The maximum atomic E-state index is 11.1. The molecule has 1 rings (SSSR count). The van der Waals surface area contributed by atoms with Gasteiger partial charge in [0.1, 0.15) is 5.75 Å². The number of ether oxygens (including phenoxy) is 2. The van der Waals surface area contributed by atoms with E-state index in [0.717, 1.165) is 11.3 Å². The van der Waals surface area contributed by atoms with Gasteiger partial charge in [0.05, 0.1) is 19.8 Å². The zero-order chi connectivity index (χ0) is 13.5. The standard InChI is InChI=1S/C14H21NO3/c1-11(2)18-13-7-5-12(6-8-13)9-15(3)10-14(16)17-4/h5-8,11H,9-10H2,1-4H3. The fourth-order valence-corrected chi connectivity index (χ4v) is 1.60. The van der Waals surface area contributed by atoms with Crippen LogP contribution in [0.1, 0.15) is 19.4 Å². The highest BCUT2D eigenvalue weighted by Crippen LogP contribution is 2.14. The normalized spacial score (nSPS) is 10.8. The quantitative estimate of drug-likeness (QED) is 0.726. The van der Waals surface area contributed by atoms with Gasteiger partial charge in [0.15, 0.2) is 0 Å². The smallest absolute Gasteiger partial charge is 0.319 e. The number of rotatable bonds is 6. The number of benzene rings is 1. The van der Waals surface area contributed by atoms with Crippen LogP contribution in [0.15, 0.2) is 24.3 Å². The molecule has 0 unspecified atom stereocenters. The Hall–Kier alpha value is -1.55. The van der Waals surface area contributed by atoms with Gasteiger partial charge >= 0.3 is 5.97 Å². The summed E-state index contributed by atoms with van der Waals surface area (Å²) in [6, 6.07) is 7.90. The summed E-state index contributed by atoms with van der Waals surface area (Å²) >= 11 is 0. The van der Waals surface area contributed by atoms with Crippen molar-refractivity contribution in [2.24, 2.45) is 0 Å². The van der Waals surface area contributed by atoms with E-state index in [1.807, 2.05) is 50.1 Å². The monoisotopic (exact) mass is 251 g/mol. The lowest BCUT2D eigenvalue weighted by molar-refractivity contribution is -0.141. The second-order valence-electron chi connectivity index (χ2n) is 4.56. The van der Waals surface area contributed by atoms with Crippen molar-refractivity contribution in [3.05, 3.63) is 29.8 Å². The van der Waals surface area contributed by atoms with Crippen molar-refractivity contribution in [2.45, 2.75) is 26.5 Å². The molecule has 0 radical (unpaired) electrons. The van der Waals surface area contributed by atoms with Gasteiger partial charge in [-0.15, -0.1) is 0 Å². The third kappa shape index (κ3) is 5.19. The molecule has 0 heterocycles. The van der Waals surface area contributed by atoms with E-state index in [9.17, 15) is 4.79 Å². The van der Waals surface area contributed by atoms with Crippen molar-refractivity contribution >= 4 is 5.97 Å². The summed E-state index contributed by atoms with van der Waals surface area (Å²) in [4.78, 5) is 13.0. The van der Waals surface area contributed by atoms with E-state index in [-0.39, 0.29) is 12.1 Å². The van der Waals surface area contributed by atoms with Gasteiger partial charge in [-0.05, 0) is 38.6 Å². The van der Waals surface area contributed by atoms with Gasteiger partial charge in [0.25, 0.3) is 0 Å². The van der Waals surface area contributed by atoms with Crippen LogP contribution in [-0.2, 0) is 16.1 Å². The summed E-state index contributed by atoms with van der Waals surface area (Å²) in [6.07, 6.45) is 0.179. The van der Waals surface area contributed by atoms with Gasteiger partial charge in [-0.3, -0.25) is 9.69 Å². The molecular formula is C14H21NO3. The molecule has 0 spiro atoms. The fourth-order valence-electron chi connectivity index (χ4n) is 1.60. The molecule has 0 aliphatic heterocycles. The first-order valence-electron chi connectivity index (χ1n) is 6.02. The summed E-state index contributed by atoms with van der Waals surface area (Å²) in [5, 5.41) is 0. The zero-order valence-electron chi connectivity index (χ0n) is 11.5.